The van der Waals surface area contributed by atoms with Crippen LogP contribution < -0.4 is 0 Å². The van der Waals surface area contributed by atoms with Gasteiger partial charge >= 0.3 is 0 Å². The van der Waals surface area contributed by atoms with Gasteiger partial charge in [-0.25, -0.2) is 0 Å². The lowest BCUT2D eigenvalue weighted by Crippen LogP contribution is -2.19. The van der Waals surface area contributed by atoms with Crippen LogP contribution in [0.3, 0.4) is 0 Å². The Labute approximate surface area is 134 Å². The second-order valence-electron chi connectivity index (χ2n) is 6.51. The van der Waals surface area contributed by atoms with Crippen LogP contribution in [0.4, 0.5) is 0 Å². The summed E-state index contributed by atoms with van der Waals surface area (Å²) in [7, 11) is 0. The van der Waals surface area contributed by atoms with Gasteiger partial charge in [0.15, 0.2) is 5.78 Å². The quantitative estimate of drug-likeness (QED) is 0.571. The lowest BCUT2D eigenvalue weighted by molar-refractivity contribution is -0.111. The number of hydrogen-bond acceptors (Lipinski definition) is 2. The molecular weight excluding hydrogens is 272 g/mol. The van der Waals surface area contributed by atoms with Gasteiger partial charge in [0.25, 0.3) is 0 Å². The molecule has 0 radical (unpaired) electrons. The molecule has 1 aliphatic rings. The van der Waals surface area contributed by atoms with Crippen LogP contribution in [0.2, 0.25) is 0 Å². The van der Waals surface area contributed by atoms with Gasteiger partial charge in [0.1, 0.15) is 0 Å². The summed E-state index contributed by atoms with van der Waals surface area (Å²) < 4.78 is 0. The summed E-state index contributed by atoms with van der Waals surface area (Å²) in [5, 5.41) is 8.83. The van der Waals surface area contributed by atoms with Crippen molar-refractivity contribution in [2.24, 2.45) is 5.41 Å². The maximum atomic E-state index is 11.8. The molecule has 0 spiro atoms. The average Bonchev–Trinajstić information content (AvgIpc) is 2.43. The zero-order valence-electron chi connectivity index (χ0n) is 14.4. The van der Waals surface area contributed by atoms with Crippen molar-refractivity contribution < 1.29 is 9.90 Å². The molecular formula is C20H28O2. The zero-order chi connectivity index (χ0) is 16.8. The SMILES string of the molecule is CC1=C(/C=C/C(C)=C/CC/C(C)=C/CO)C(C)(C)C=CC1=O. The van der Waals surface area contributed by atoms with Gasteiger partial charge in [-0.05, 0) is 45.3 Å². The van der Waals surface area contributed by atoms with E-state index in [0.717, 1.165) is 24.0 Å². The summed E-state index contributed by atoms with van der Waals surface area (Å²) in [5.74, 6) is 0.102. The molecule has 120 valence electrons. The first kappa shape index (κ1) is 18.4. The molecule has 0 saturated carbocycles. The fourth-order valence-electron chi connectivity index (χ4n) is 2.52. The molecule has 0 saturated heterocycles. The number of allylic oxidation sites excluding steroid dienone is 9. The van der Waals surface area contributed by atoms with Crippen molar-refractivity contribution in [2.75, 3.05) is 6.61 Å². The van der Waals surface area contributed by atoms with Crippen molar-refractivity contribution in [1.29, 1.82) is 0 Å². The van der Waals surface area contributed by atoms with Crippen molar-refractivity contribution in [3.63, 3.8) is 0 Å². The number of hydrogen-bond donors (Lipinski definition) is 1. The minimum Gasteiger partial charge on any atom is -0.392 e. The van der Waals surface area contributed by atoms with E-state index in [4.69, 9.17) is 5.11 Å². The monoisotopic (exact) mass is 300 g/mol. The van der Waals surface area contributed by atoms with Gasteiger partial charge < -0.3 is 5.11 Å². The molecule has 1 N–H and O–H groups in total. The second-order valence-corrected chi connectivity index (χ2v) is 6.51. The standard InChI is InChI=1S/C20H28O2/c1-15(7-6-8-16(2)12-14-21)9-10-18-17(3)19(22)11-13-20(18,4)5/h7,9-13,21H,6,8,14H2,1-5H3/b10-9+,15-7+,16-12+. The molecule has 0 aromatic heterocycles. The molecule has 0 amide bonds. The smallest absolute Gasteiger partial charge is 0.181 e. The molecule has 0 bridgehead atoms. The van der Waals surface area contributed by atoms with Crippen LogP contribution in [0.15, 0.2) is 58.7 Å². The van der Waals surface area contributed by atoms with Gasteiger partial charge in [0, 0.05) is 11.0 Å². The zero-order valence-corrected chi connectivity index (χ0v) is 14.4. The molecule has 1 aliphatic carbocycles. The van der Waals surface area contributed by atoms with Crippen LogP contribution in [0.1, 0.15) is 47.5 Å². The van der Waals surface area contributed by atoms with Crippen molar-refractivity contribution in [1.82, 2.24) is 0 Å². The second kappa shape index (κ2) is 8.09. The van der Waals surface area contributed by atoms with Gasteiger partial charge in [-0.1, -0.05) is 55.4 Å². The largest absolute Gasteiger partial charge is 0.392 e. The Morgan fingerprint density at radius 3 is 2.59 bits per heavy atom. The maximum absolute atomic E-state index is 11.8. The fraction of sp³-hybridized carbons (Fsp3) is 0.450. The van der Waals surface area contributed by atoms with Crippen LogP contribution in [-0.4, -0.2) is 17.5 Å². The van der Waals surface area contributed by atoms with Crippen molar-refractivity contribution in [2.45, 2.75) is 47.5 Å². The summed E-state index contributed by atoms with van der Waals surface area (Å²) in [6, 6.07) is 0. The van der Waals surface area contributed by atoms with Gasteiger partial charge in [0.05, 0.1) is 6.61 Å². The summed E-state index contributed by atoms with van der Waals surface area (Å²) >= 11 is 0. The number of carbonyl (C=O) groups is 1. The van der Waals surface area contributed by atoms with Crippen molar-refractivity contribution >= 4 is 5.78 Å². The number of rotatable bonds is 6. The molecule has 1 rings (SSSR count). The first-order chi connectivity index (χ1) is 10.3. The first-order valence-corrected chi connectivity index (χ1v) is 7.84. The molecule has 0 aromatic carbocycles. The number of ketones is 1. The predicted octanol–water partition coefficient (Wildman–Crippen LogP) is 4.69. The molecule has 0 aliphatic heterocycles. The Hall–Kier alpha value is -1.67. The number of aliphatic hydroxyl groups is 1. The normalized spacial score (nSPS) is 19.5. The van der Waals surface area contributed by atoms with E-state index >= 15 is 0 Å². The average molecular weight is 300 g/mol. The minimum atomic E-state index is -0.102. The molecule has 2 heteroatoms. The molecule has 0 unspecified atom stereocenters. The third-order valence-electron chi connectivity index (χ3n) is 4.08. The van der Waals surface area contributed by atoms with E-state index in [0.29, 0.717) is 0 Å². The van der Waals surface area contributed by atoms with Crippen LogP contribution in [0.5, 0.6) is 0 Å². The van der Waals surface area contributed by atoms with Gasteiger partial charge in [-0.2, -0.15) is 0 Å². The van der Waals surface area contributed by atoms with E-state index in [1.165, 1.54) is 11.1 Å². The molecule has 2 nitrogen and oxygen atoms in total. The van der Waals surface area contributed by atoms with Crippen LogP contribution >= 0.6 is 0 Å². The third kappa shape index (κ3) is 5.27. The predicted molar refractivity (Wildman–Crippen MR) is 93.6 cm³/mol. The van der Waals surface area contributed by atoms with Crippen LogP contribution in [0.25, 0.3) is 0 Å². The highest BCUT2D eigenvalue weighted by Gasteiger charge is 2.26. The Kier molecular flexibility index (Phi) is 6.76. The Morgan fingerprint density at radius 2 is 1.95 bits per heavy atom. The van der Waals surface area contributed by atoms with E-state index in [1.807, 2.05) is 26.0 Å². The molecule has 0 fully saturated rings. The van der Waals surface area contributed by atoms with Gasteiger partial charge in [-0.15, -0.1) is 0 Å². The Balaban J connectivity index is 2.76. The minimum absolute atomic E-state index is 0.102. The molecule has 0 aromatic rings. The van der Waals surface area contributed by atoms with Gasteiger partial charge in [-0.3, -0.25) is 4.79 Å². The number of aliphatic hydroxyl groups excluding tert-OH is 1. The van der Waals surface area contributed by atoms with E-state index in [1.54, 1.807) is 6.08 Å². The van der Waals surface area contributed by atoms with Crippen molar-refractivity contribution in [3.8, 4) is 0 Å². The first-order valence-electron chi connectivity index (χ1n) is 7.84. The Morgan fingerprint density at radius 1 is 1.27 bits per heavy atom. The van der Waals surface area contributed by atoms with E-state index < -0.39 is 0 Å². The summed E-state index contributed by atoms with van der Waals surface area (Å²) in [6.07, 6.45) is 13.7. The fourth-order valence-corrected chi connectivity index (χ4v) is 2.52. The summed E-state index contributed by atoms with van der Waals surface area (Å²) in [4.78, 5) is 11.8. The highest BCUT2D eigenvalue weighted by Crippen LogP contribution is 2.35. The highest BCUT2D eigenvalue weighted by atomic mass is 16.2. The maximum Gasteiger partial charge on any atom is 0.181 e. The van der Waals surface area contributed by atoms with E-state index in [-0.39, 0.29) is 17.8 Å². The molecule has 0 heterocycles. The lowest BCUT2D eigenvalue weighted by Gasteiger charge is -2.27. The lowest BCUT2D eigenvalue weighted by atomic mass is 9.76. The van der Waals surface area contributed by atoms with Gasteiger partial charge in [0.2, 0.25) is 0 Å². The van der Waals surface area contributed by atoms with E-state index in [2.05, 4.69) is 39.0 Å². The topological polar surface area (TPSA) is 37.3 Å². The van der Waals surface area contributed by atoms with Crippen molar-refractivity contribution in [3.05, 3.63) is 58.7 Å². The summed E-state index contributed by atoms with van der Waals surface area (Å²) in [5.41, 5.74) is 4.21. The number of carbonyl (C=O) groups excluding carboxylic acids is 1. The molecule has 22 heavy (non-hydrogen) atoms. The van der Waals surface area contributed by atoms with Crippen LogP contribution in [-0.2, 0) is 4.79 Å². The Bertz CT molecular complexity index is 567. The highest BCUT2D eigenvalue weighted by molar-refractivity contribution is 6.05. The van der Waals surface area contributed by atoms with Crippen LogP contribution in [0, 0.1) is 5.41 Å². The third-order valence-corrected chi connectivity index (χ3v) is 4.08. The molecule has 0 atom stereocenters. The van der Waals surface area contributed by atoms with E-state index in [9.17, 15) is 4.79 Å². The summed E-state index contributed by atoms with van der Waals surface area (Å²) in [6.45, 7) is 10.4.